The van der Waals surface area contributed by atoms with Crippen molar-refractivity contribution in [1.29, 1.82) is 0 Å². The zero-order chi connectivity index (χ0) is 27.0. The highest BCUT2D eigenvalue weighted by Gasteiger charge is 2.32. The minimum absolute atomic E-state index is 0.119. The van der Waals surface area contributed by atoms with E-state index >= 15 is 0 Å². The number of piperidine rings is 1. The van der Waals surface area contributed by atoms with Gasteiger partial charge in [-0.2, -0.15) is 0 Å². The second-order valence-electron chi connectivity index (χ2n) is 9.53. The molecule has 0 aliphatic carbocycles. The van der Waals surface area contributed by atoms with Crippen molar-refractivity contribution >= 4 is 16.9 Å². The zero-order valence-corrected chi connectivity index (χ0v) is 20.9. The Morgan fingerprint density at radius 3 is 2.50 bits per heavy atom. The average Bonchev–Trinajstić information content (AvgIpc) is 2.86. The molecule has 2 aromatic heterocycles. The first-order chi connectivity index (χ1) is 18.1. The minimum atomic E-state index is -4.87. The van der Waals surface area contributed by atoms with Crippen molar-refractivity contribution in [3.05, 3.63) is 93.3 Å². The van der Waals surface area contributed by atoms with Crippen LogP contribution in [0.2, 0.25) is 0 Å². The number of pyridine rings is 1. The molecule has 0 unspecified atom stereocenters. The largest absolute Gasteiger partial charge is 0.573 e. The molecule has 1 aliphatic rings. The van der Waals surface area contributed by atoms with Gasteiger partial charge in [-0.1, -0.05) is 30.3 Å². The molecule has 3 heterocycles. The van der Waals surface area contributed by atoms with E-state index < -0.39 is 6.36 Å². The van der Waals surface area contributed by atoms with Crippen LogP contribution < -0.4 is 15.2 Å². The number of halogens is 4. The van der Waals surface area contributed by atoms with Gasteiger partial charge in [0.05, 0.1) is 17.9 Å². The SMILES string of the molecule is Cc1cnc2cc(C3CCN(c4c(C)cccc4F)CC3)c(=O)n(Cc3ccccc3OC(F)(F)F)c2n1. The fourth-order valence-electron chi connectivity index (χ4n) is 5.14. The van der Waals surface area contributed by atoms with Crippen LogP contribution in [0.3, 0.4) is 0 Å². The molecule has 198 valence electrons. The quantitative estimate of drug-likeness (QED) is 0.304. The van der Waals surface area contributed by atoms with E-state index in [0.717, 1.165) is 5.56 Å². The van der Waals surface area contributed by atoms with E-state index in [9.17, 15) is 22.4 Å². The molecular weight excluding hydrogens is 500 g/mol. The molecule has 0 spiro atoms. The normalized spacial score (nSPS) is 14.7. The fourth-order valence-corrected chi connectivity index (χ4v) is 5.14. The van der Waals surface area contributed by atoms with Crippen LogP contribution in [0.1, 0.15) is 41.1 Å². The topological polar surface area (TPSA) is 60.2 Å². The number of nitrogens with zero attached hydrogens (tertiary/aromatic N) is 4. The van der Waals surface area contributed by atoms with Crippen molar-refractivity contribution < 1.29 is 22.3 Å². The number of rotatable bonds is 5. The van der Waals surface area contributed by atoms with Crippen molar-refractivity contribution in [3.63, 3.8) is 0 Å². The molecule has 1 fully saturated rings. The van der Waals surface area contributed by atoms with E-state index in [1.807, 2.05) is 17.9 Å². The van der Waals surface area contributed by atoms with E-state index in [2.05, 4.69) is 14.7 Å². The third-order valence-corrected chi connectivity index (χ3v) is 6.91. The van der Waals surface area contributed by atoms with Crippen LogP contribution in [-0.4, -0.2) is 34.0 Å². The molecule has 6 nitrogen and oxygen atoms in total. The Kier molecular flexibility index (Phi) is 6.81. The maximum Gasteiger partial charge on any atom is 0.573 e. The van der Waals surface area contributed by atoms with Crippen molar-refractivity contribution in [2.24, 2.45) is 0 Å². The van der Waals surface area contributed by atoms with E-state index in [1.54, 1.807) is 31.3 Å². The van der Waals surface area contributed by atoms with Crippen LogP contribution in [0.25, 0.3) is 11.2 Å². The lowest BCUT2D eigenvalue weighted by Gasteiger charge is -2.34. The number of fused-ring (bicyclic) bond motifs is 1. The molecule has 1 aliphatic heterocycles. The lowest BCUT2D eigenvalue weighted by Crippen LogP contribution is -2.36. The summed E-state index contributed by atoms with van der Waals surface area (Å²) < 4.78 is 59.2. The van der Waals surface area contributed by atoms with Crippen LogP contribution in [0.15, 0.2) is 59.5 Å². The Morgan fingerprint density at radius 2 is 1.79 bits per heavy atom. The molecule has 2 aromatic carbocycles. The number of benzene rings is 2. The molecular formula is C28H26F4N4O2. The van der Waals surface area contributed by atoms with Crippen molar-refractivity contribution in [3.8, 4) is 5.75 Å². The summed E-state index contributed by atoms with van der Waals surface area (Å²) in [4.78, 5) is 24.7. The Bertz CT molecular complexity index is 1520. The van der Waals surface area contributed by atoms with E-state index in [4.69, 9.17) is 0 Å². The average molecular weight is 527 g/mol. The van der Waals surface area contributed by atoms with Gasteiger partial charge in [-0.15, -0.1) is 13.2 Å². The highest BCUT2D eigenvalue weighted by atomic mass is 19.4. The number of aryl methyl sites for hydroxylation is 2. The molecule has 4 aromatic rings. The summed E-state index contributed by atoms with van der Waals surface area (Å²) >= 11 is 0. The van der Waals surface area contributed by atoms with Gasteiger partial charge in [0.15, 0.2) is 5.65 Å². The molecule has 0 saturated carbocycles. The van der Waals surface area contributed by atoms with E-state index in [1.165, 1.54) is 28.8 Å². The van der Waals surface area contributed by atoms with Gasteiger partial charge in [0.2, 0.25) is 0 Å². The molecule has 0 bridgehead atoms. The predicted octanol–water partition coefficient (Wildman–Crippen LogP) is 5.88. The molecule has 0 amide bonds. The number of alkyl halides is 3. The first-order valence-electron chi connectivity index (χ1n) is 12.3. The standard InChI is InChI=1S/C28H26F4N4O2/c1-17-6-5-8-22(29)25(17)35-12-10-19(11-13-35)21-14-23-26(34-18(2)15-33-23)36(27(21)37)16-20-7-3-4-9-24(20)38-28(30,31)32/h3-9,14-15,19H,10-13,16H2,1-2H3. The fraction of sp³-hybridized carbons (Fsp3) is 0.321. The van der Waals surface area contributed by atoms with Crippen molar-refractivity contribution in [1.82, 2.24) is 14.5 Å². The maximum atomic E-state index is 14.5. The van der Waals surface area contributed by atoms with E-state index in [0.29, 0.717) is 54.0 Å². The number of aromatic nitrogens is 3. The second kappa shape index (κ2) is 10.1. The summed E-state index contributed by atoms with van der Waals surface area (Å²) in [6, 6.07) is 12.5. The van der Waals surface area contributed by atoms with Crippen LogP contribution in [0.5, 0.6) is 5.75 Å². The van der Waals surface area contributed by atoms with Gasteiger partial charge in [-0.25, -0.2) is 9.37 Å². The van der Waals surface area contributed by atoms with Gasteiger partial charge in [0.1, 0.15) is 17.1 Å². The first kappa shape index (κ1) is 25.7. The van der Waals surface area contributed by atoms with Gasteiger partial charge in [-0.3, -0.25) is 14.3 Å². The third-order valence-electron chi connectivity index (χ3n) is 6.91. The Hall–Kier alpha value is -3.95. The summed E-state index contributed by atoms with van der Waals surface area (Å²) in [5, 5.41) is 0. The van der Waals surface area contributed by atoms with Crippen LogP contribution in [0.4, 0.5) is 23.2 Å². The Morgan fingerprint density at radius 1 is 1.05 bits per heavy atom. The van der Waals surface area contributed by atoms with Crippen LogP contribution in [0, 0.1) is 19.7 Å². The first-order valence-corrected chi connectivity index (χ1v) is 12.3. The summed E-state index contributed by atoms with van der Waals surface area (Å²) in [7, 11) is 0. The van der Waals surface area contributed by atoms with Gasteiger partial charge in [-0.05, 0) is 56.4 Å². The van der Waals surface area contributed by atoms with E-state index in [-0.39, 0.29) is 35.2 Å². The molecule has 0 atom stereocenters. The molecule has 10 heteroatoms. The minimum Gasteiger partial charge on any atom is -0.405 e. The van der Waals surface area contributed by atoms with Gasteiger partial charge < -0.3 is 9.64 Å². The summed E-state index contributed by atoms with van der Waals surface area (Å²) in [6.07, 6.45) is -2.06. The molecule has 1 saturated heterocycles. The predicted molar refractivity (Wildman–Crippen MR) is 136 cm³/mol. The monoisotopic (exact) mass is 526 g/mol. The second-order valence-corrected chi connectivity index (χ2v) is 9.53. The number of para-hydroxylation sites is 2. The van der Waals surface area contributed by atoms with Gasteiger partial charge >= 0.3 is 6.36 Å². The van der Waals surface area contributed by atoms with Crippen molar-refractivity contribution in [2.75, 3.05) is 18.0 Å². The number of hydrogen-bond donors (Lipinski definition) is 0. The highest BCUT2D eigenvalue weighted by Crippen LogP contribution is 2.33. The molecule has 0 radical (unpaired) electrons. The number of anilines is 1. The number of hydrogen-bond acceptors (Lipinski definition) is 5. The van der Waals surface area contributed by atoms with Crippen molar-refractivity contribution in [2.45, 2.75) is 45.5 Å². The van der Waals surface area contributed by atoms with Gasteiger partial charge in [0, 0.05) is 30.4 Å². The summed E-state index contributed by atoms with van der Waals surface area (Å²) in [5.41, 5.74) is 3.15. The maximum absolute atomic E-state index is 14.5. The molecule has 38 heavy (non-hydrogen) atoms. The van der Waals surface area contributed by atoms with Crippen LogP contribution in [-0.2, 0) is 6.54 Å². The summed E-state index contributed by atoms with van der Waals surface area (Å²) in [5.74, 6) is -0.771. The Labute approximate surface area is 216 Å². The molecule has 5 rings (SSSR count). The lowest BCUT2D eigenvalue weighted by atomic mass is 9.89. The number of ether oxygens (including phenoxy) is 1. The molecule has 0 N–H and O–H groups in total. The third kappa shape index (κ3) is 5.20. The highest BCUT2D eigenvalue weighted by molar-refractivity contribution is 5.71. The zero-order valence-electron chi connectivity index (χ0n) is 20.9. The smallest absolute Gasteiger partial charge is 0.405 e. The lowest BCUT2D eigenvalue weighted by molar-refractivity contribution is -0.274. The summed E-state index contributed by atoms with van der Waals surface area (Å²) in [6.45, 7) is 4.56. The van der Waals surface area contributed by atoms with Gasteiger partial charge in [0.25, 0.3) is 5.56 Å². The van der Waals surface area contributed by atoms with Crippen LogP contribution >= 0.6 is 0 Å². The Balaban J connectivity index is 1.51.